The van der Waals surface area contributed by atoms with Crippen LogP contribution in [0.15, 0.2) is 82.9 Å². The van der Waals surface area contributed by atoms with Gasteiger partial charge in [-0.25, -0.2) is 0 Å². The average molecular weight is 621 g/mol. The van der Waals surface area contributed by atoms with Crippen LogP contribution < -0.4 is 21.3 Å². The Labute approximate surface area is 268 Å². The predicted octanol–water partition coefficient (Wildman–Crippen LogP) is 4.33. The second kappa shape index (κ2) is 21.8. The summed E-state index contributed by atoms with van der Waals surface area (Å²) in [6.45, 7) is 7.69. The number of guanidine groups is 1. The maximum absolute atomic E-state index is 13.0. The summed E-state index contributed by atoms with van der Waals surface area (Å²) in [7, 11) is 0. The minimum Gasteiger partial charge on any atom is -0.392 e. The van der Waals surface area contributed by atoms with Crippen molar-refractivity contribution in [3.63, 3.8) is 0 Å². The molecule has 0 fully saturated rings. The van der Waals surface area contributed by atoms with Gasteiger partial charge in [-0.2, -0.15) is 4.99 Å². The lowest BCUT2D eigenvalue weighted by atomic mass is 10.0. The number of hydrogen-bond donors (Lipinski definition) is 5. The molecule has 0 spiro atoms. The van der Waals surface area contributed by atoms with E-state index in [2.05, 4.69) is 98.9 Å². The van der Waals surface area contributed by atoms with Crippen molar-refractivity contribution in [3.05, 3.63) is 72.9 Å². The molecule has 0 aromatic carbocycles. The minimum absolute atomic E-state index is 0.0322. The summed E-state index contributed by atoms with van der Waals surface area (Å²) in [5, 5.41) is 20.8. The van der Waals surface area contributed by atoms with Crippen molar-refractivity contribution in [2.24, 2.45) is 15.9 Å². The zero-order valence-electron chi connectivity index (χ0n) is 27.2. The normalized spacial score (nSPS) is 20.4. The Hall–Kier alpha value is -3.89. The maximum atomic E-state index is 13.0. The van der Waals surface area contributed by atoms with E-state index in [0.717, 1.165) is 38.5 Å². The Kier molecular flexibility index (Phi) is 18.0. The number of nitrogens with one attached hydrogen (secondary N) is 4. The lowest BCUT2D eigenvalue weighted by Crippen LogP contribution is -2.64. The molecule has 2 aliphatic rings. The molecule has 10 heteroatoms. The highest BCUT2D eigenvalue weighted by Gasteiger charge is 2.37. The highest BCUT2D eigenvalue weighted by atomic mass is 16.3. The summed E-state index contributed by atoms with van der Waals surface area (Å²) < 4.78 is 0. The van der Waals surface area contributed by atoms with E-state index in [1.165, 1.54) is 0 Å². The highest BCUT2D eigenvalue weighted by molar-refractivity contribution is 6.22. The number of fused-ring (bicyclic) bond motifs is 1. The van der Waals surface area contributed by atoms with E-state index in [0.29, 0.717) is 6.42 Å². The van der Waals surface area contributed by atoms with Gasteiger partial charge in [0, 0.05) is 6.42 Å². The molecule has 0 saturated carbocycles. The first kappa shape index (κ1) is 37.3. The van der Waals surface area contributed by atoms with E-state index in [4.69, 9.17) is 0 Å². The van der Waals surface area contributed by atoms with Crippen LogP contribution in [0.1, 0.15) is 79.1 Å². The van der Waals surface area contributed by atoms with E-state index >= 15 is 0 Å². The van der Waals surface area contributed by atoms with Gasteiger partial charge in [0.2, 0.25) is 17.8 Å². The average Bonchev–Trinajstić information content (AvgIpc) is 3.00. The molecule has 10 nitrogen and oxygen atoms in total. The van der Waals surface area contributed by atoms with Crippen LogP contribution in [0.5, 0.6) is 0 Å². The number of amidine groups is 1. The number of carbonyl (C=O) groups is 3. The van der Waals surface area contributed by atoms with Crippen LogP contribution >= 0.6 is 0 Å². The molecule has 4 atom stereocenters. The van der Waals surface area contributed by atoms with Crippen molar-refractivity contribution in [1.82, 2.24) is 21.3 Å². The van der Waals surface area contributed by atoms with Crippen molar-refractivity contribution in [1.29, 1.82) is 0 Å². The molecule has 2 aliphatic heterocycles. The number of aliphatic hydroxyl groups is 1. The molecule has 0 aliphatic carbocycles. The standard InChI is InChI=1S/C35H52N6O4/c1-5-6-7-8-9-10-11-12-13-14-15-16-17-18-19-20-21-22-23-24-29(43)38-30(26(2)3)33(44)40-35-39-32-31(34(45)41-35)37-28(25-36-32)27(4)42/h6-7,9-10,12-13,15-16,18-19,21-22,26-28,30-31,37,42H,5,8,11,14,17,20,23-25H2,1-4H3,(H,38,43)(H2,36,39,40,41,44,45)/b7-6-,10-9-,13-12-,16-15-,19-18-,22-21-. The van der Waals surface area contributed by atoms with Crippen LogP contribution in [0.3, 0.4) is 0 Å². The van der Waals surface area contributed by atoms with Crippen molar-refractivity contribution in [2.75, 3.05) is 6.54 Å². The summed E-state index contributed by atoms with van der Waals surface area (Å²) in [5.74, 6) is -1.11. The predicted molar refractivity (Wildman–Crippen MR) is 183 cm³/mol. The SMILES string of the molecule is CC/C=C\C/C=C\C/C=C\C/C=C\C/C=C\C/C=C\CCC(=O)NC(C(=O)NC1=NC2=NCC(C(C)O)NC2C(=O)N1)C(C)C. The summed E-state index contributed by atoms with van der Waals surface area (Å²) in [4.78, 5) is 46.6. The van der Waals surface area contributed by atoms with Gasteiger partial charge in [-0.1, -0.05) is 93.7 Å². The molecule has 246 valence electrons. The summed E-state index contributed by atoms with van der Waals surface area (Å²) in [6.07, 6.45) is 31.5. The van der Waals surface area contributed by atoms with Crippen LogP contribution in [0, 0.1) is 5.92 Å². The molecule has 5 N–H and O–H groups in total. The second-order valence-corrected chi connectivity index (χ2v) is 11.3. The van der Waals surface area contributed by atoms with Crippen LogP contribution in [0.2, 0.25) is 0 Å². The topological polar surface area (TPSA) is 144 Å². The zero-order chi connectivity index (χ0) is 32.9. The molecule has 0 aromatic rings. The number of nitrogens with zero attached hydrogens (tertiary/aromatic N) is 2. The minimum atomic E-state index is -0.800. The number of hydrogen-bond acceptors (Lipinski definition) is 7. The molecule has 4 unspecified atom stereocenters. The van der Waals surface area contributed by atoms with Crippen molar-refractivity contribution in [3.8, 4) is 0 Å². The Morgan fingerprint density at radius 3 is 1.93 bits per heavy atom. The molecule has 3 amide bonds. The highest BCUT2D eigenvalue weighted by Crippen LogP contribution is 2.10. The van der Waals surface area contributed by atoms with Gasteiger partial charge in [0.15, 0.2) is 5.84 Å². The van der Waals surface area contributed by atoms with Crippen LogP contribution in [0.25, 0.3) is 0 Å². The molecule has 0 aromatic heterocycles. The van der Waals surface area contributed by atoms with E-state index < -0.39 is 30.0 Å². The first-order chi connectivity index (χ1) is 21.7. The lowest BCUT2D eigenvalue weighted by Gasteiger charge is -2.32. The van der Waals surface area contributed by atoms with Crippen molar-refractivity contribution >= 4 is 29.5 Å². The third kappa shape index (κ3) is 15.1. The molecular weight excluding hydrogens is 568 g/mol. The number of allylic oxidation sites excluding steroid dienone is 12. The van der Waals surface area contributed by atoms with Crippen molar-refractivity contribution in [2.45, 2.75) is 103 Å². The van der Waals surface area contributed by atoms with Gasteiger partial charge in [-0.05, 0) is 57.8 Å². The Bertz CT molecular complexity index is 1190. The Balaban J connectivity index is 1.65. The summed E-state index contributed by atoms with van der Waals surface area (Å²) in [6, 6.07) is -1.95. The van der Waals surface area contributed by atoms with E-state index in [9.17, 15) is 19.5 Å². The van der Waals surface area contributed by atoms with E-state index in [1.54, 1.807) is 6.92 Å². The first-order valence-corrected chi connectivity index (χ1v) is 16.1. The molecule has 0 radical (unpaired) electrons. The van der Waals surface area contributed by atoms with Crippen LogP contribution in [-0.4, -0.2) is 65.4 Å². The number of aliphatic hydroxyl groups excluding tert-OH is 1. The molecule has 2 heterocycles. The maximum Gasteiger partial charge on any atom is 0.251 e. The van der Waals surface area contributed by atoms with E-state index in [1.807, 2.05) is 26.0 Å². The van der Waals surface area contributed by atoms with Crippen molar-refractivity contribution < 1.29 is 19.5 Å². The summed E-state index contributed by atoms with van der Waals surface area (Å²) >= 11 is 0. The fourth-order valence-electron chi connectivity index (χ4n) is 4.43. The van der Waals surface area contributed by atoms with Crippen LogP contribution in [0.4, 0.5) is 0 Å². The molecule has 2 rings (SSSR count). The fourth-order valence-corrected chi connectivity index (χ4v) is 4.43. The van der Waals surface area contributed by atoms with Gasteiger partial charge in [0.05, 0.1) is 18.7 Å². The van der Waals surface area contributed by atoms with Gasteiger partial charge in [-0.3, -0.25) is 35.3 Å². The number of carbonyl (C=O) groups excluding carboxylic acids is 3. The Morgan fingerprint density at radius 1 is 0.889 bits per heavy atom. The third-order valence-electron chi connectivity index (χ3n) is 7.04. The van der Waals surface area contributed by atoms with Crippen LogP contribution in [-0.2, 0) is 14.4 Å². The Morgan fingerprint density at radius 2 is 1.42 bits per heavy atom. The lowest BCUT2D eigenvalue weighted by molar-refractivity contribution is -0.129. The third-order valence-corrected chi connectivity index (χ3v) is 7.04. The first-order valence-electron chi connectivity index (χ1n) is 16.1. The smallest absolute Gasteiger partial charge is 0.251 e. The second-order valence-electron chi connectivity index (χ2n) is 11.3. The monoisotopic (exact) mass is 620 g/mol. The molecule has 45 heavy (non-hydrogen) atoms. The molecule has 0 bridgehead atoms. The molecule has 0 saturated heterocycles. The van der Waals surface area contributed by atoms with E-state index in [-0.39, 0.29) is 42.6 Å². The van der Waals surface area contributed by atoms with Gasteiger partial charge in [0.25, 0.3) is 5.91 Å². The number of aliphatic imine (C=N–C) groups is 2. The quantitative estimate of drug-likeness (QED) is 0.145. The summed E-state index contributed by atoms with van der Waals surface area (Å²) in [5.41, 5.74) is 0. The zero-order valence-corrected chi connectivity index (χ0v) is 27.2. The van der Waals surface area contributed by atoms with Gasteiger partial charge in [0.1, 0.15) is 12.1 Å². The largest absolute Gasteiger partial charge is 0.392 e. The fraction of sp³-hybridized carbons (Fsp3) is 0.514. The van der Waals surface area contributed by atoms with Gasteiger partial charge < -0.3 is 10.4 Å². The molecular formula is C35H52N6O4. The van der Waals surface area contributed by atoms with Gasteiger partial charge in [-0.15, -0.1) is 0 Å². The number of rotatable bonds is 18. The van der Waals surface area contributed by atoms with Gasteiger partial charge >= 0.3 is 0 Å². The number of amides is 3.